The molecule has 1 aromatic rings. The number of fused-ring (bicyclic) bond motifs is 1. The Morgan fingerprint density at radius 3 is 2.38 bits per heavy atom. The van der Waals surface area contributed by atoms with Crippen molar-refractivity contribution in [3.05, 3.63) is 18.0 Å². The molecule has 0 radical (unpaired) electrons. The van der Waals surface area contributed by atoms with E-state index in [0.29, 0.717) is 6.54 Å². The molecule has 1 aromatic heterocycles. The molecular formula is C14H20N4O2S. The topological polar surface area (TPSA) is 66.4 Å². The van der Waals surface area contributed by atoms with Crippen LogP contribution in [0, 0.1) is 6.92 Å². The quantitative estimate of drug-likeness (QED) is 0.831. The van der Waals surface area contributed by atoms with E-state index in [-0.39, 0.29) is 17.3 Å². The van der Waals surface area contributed by atoms with Gasteiger partial charge in [0.15, 0.2) is 0 Å². The molecule has 0 spiro atoms. The Morgan fingerprint density at radius 2 is 1.71 bits per heavy atom. The highest BCUT2D eigenvalue weighted by Crippen LogP contribution is 2.40. The summed E-state index contributed by atoms with van der Waals surface area (Å²) in [6, 6.07) is 0.349. The van der Waals surface area contributed by atoms with Crippen molar-refractivity contribution < 1.29 is 8.42 Å². The van der Waals surface area contributed by atoms with E-state index < -0.39 is 10.0 Å². The van der Waals surface area contributed by atoms with Crippen LogP contribution in [0.3, 0.4) is 0 Å². The minimum absolute atomic E-state index is 0.110. The first-order valence-corrected chi connectivity index (χ1v) is 9.13. The fraction of sp³-hybridized carbons (Fsp3) is 0.714. The van der Waals surface area contributed by atoms with E-state index in [4.69, 9.17) is 0 Å². The second-order valence-corrected chi connectivity index (χ2v) is 8.49. The maximum absolute atomic E-state index is 12.5. The zero-order chi connectivity index (χ0) is 14.6. The first-order chi connectivity index (χ1) is 10.1. The van der Waals surface area contributed by atoms with Gasteiger partial charge in [0.05, 0.1) is 5.25 Å². The lowest BCUT2D eigenvalue weighted by atomic mass is 10.1. The second-order valence-electron chi connectivity index (χ2n) is 6.32. The molecule has 0 aromatic carbocycles. The van der Waals surface area contributed by atoms with Crippen LogP contribution < -0.4 is 4.90 Å². The minimum Gasteiger partial charge on any atom is -0.336 e. The fourth-order valence-electron chi connectivity index (χ4n) is 3.60. The van der Waals surface area contributed by atoms with Gasteiger partial charge in [0, 0.05) is 37.6 Å². The summed E-state index contributed by atoms with van der Waals surface area (Å²) < 4.78 is 26.8. The Labute approximate surface area is 125 Å². The van der Waals surface area contributed by atoms with E-state index in [1.807, 2.05) is 19.3 Å². The lowest BCUT2D eigenvalue weighted by molar-refractivity contribution is 0.387. The molecule has 3 aliphatic rings. The van der Waals surface area contributed by atoms with Crippen LogP contribution in [-0.2, 0) is 10.0 Å². The predicted octanol–water partition coefficient (Wildman–Crippen LogP) is 0.930. The highest BCUT2D eigenvalue weighted by molar-refractivity contribution is 7.90. The van der Waals surface area contributed by atoms with Crippen molar-refractivity contribution in [3.63, 3.8) is 0 Å². The summed E-state index contributed by atoms with van der Waals surface area (Å²) >= 11 is 0. The number of hydrogen-bond acceptors (Lipinski definition) is 5. The Kier molecular flexibility index (Phi) is 2.97. The first kappa shape index (κ1) is 13.5. The summed E-state index contributed by atoms with van der Waals surface area (Å²) in [6.45, 7) is 3.46. The Bertz CT molecular complexity index is 641. The maximum atomic E-state index is 12.5. The maximum Gasteiger partial charge on any atom is 0.225 e. The molecule has 2 saturated heterocycles. The molecular weight excluding hydrogens is 288 g/mol. The van der Waals surface area contributed by atoms with Gasteiger partial charge in [-0.1, -0.05) is 0 Å². The number of rotatable bonds is 3. The van der Waals surface area contributed by atoms with Crippen LogP contribution in [0.5, 0.6) is 0 Å². The number of sulfonamides is 1. The minimum atomic E-state index is -3.07. The van der Waals surface area contributed by atoms with Crippen molar-refractivity contribution in [1.29, 1.82) is 0 Å². The molecule has 0 bridgehead atoms. The Balaban J connectivity index is 1.57. The highest BCUT2D eigenvalue weighted by Gasteiger charge is 2.51. The molecule has 114 valence electrons. The molecule has 2 aliphatic heterocycles. The monoisotopic (exact) mass is 308 g/mol. The van der Waals surface area contributed by atoms with Crippen molar-refractivity contribution in [2.75, 3.05) is 18.0 Å². The zero-order valence-electron chi connectivity index (χ0n) is 12.1. The molecule has 0 N–H and O–H groups in total. The summed E-state index contributed by atoms with van der Waals surface area (Å²) in [5.74, 6) is 0.735. The van der Waals surface area contributed by atoms with Crippen LogP contribution >= 0.6 is 0 Å². The van der Waals surface area contributed by atoms with Crippen molar-refractivity contribution in [2.24, 2.45) is 0 Å². The number of nitrogens with zero attached hydrogens (tertiary/aromatic N) is 4. The number of anilines is 1. The normalized spacial score (nSPS) is 29.9. The van der Waals surface area contributed by atoms with E-state index >= 15 is 0 Å². The zero-order valence-corrected chi connectivity index (χ0v) is 13.0. The summed E-state index contributed by atoms with van der Waals surface area (Å²) in [5.41, 5.74) is 1.04. The largest absolute Gasteiger partial charge is 0.336 e. The van der Waals surface area contributed by atoms with Crippen LogP contribution in [0.2, 0.25) is 0 Å². The van der Waals surface area contributed by atoms with Gasteiger partial charge in [0.25, 0.3) is 0 Å². The van der Waals surface area contributed by atoms with Gasteiger partial charge in [-0.15, -0.1) is 0 Å². The van der Waals surface area contributed by atoms with E-state index in [1.165, 1.54) is 0 Å². The van der Waals surface area contributed by atoms with Crippen molar-refractivity contribution in [2.45, 2.75) is 49.9 Å². The van der Waals surface area contributed by atoms with Crippen molar-refractivity contribution >= 4 is 16.0 Å². The van der Waals surface area contributed by atoms with Crippen LogP contribution in [0.1, 0.15) is 31.2 Å². The summed E-state index contributed by atoms with van der Waals surface area (Å²) in [7, 11) is -3.07. The molecule has 1 saturated carbocycles. The average Bonchev–Trinajstić information content (AvgIpc) is 3.11. The van der Waals surface area contributed by atoms with Crippen LogP contribution in [0.25, 0.3) is 0 Å². The standard InChI is InChI=1S/C14H20N4O2S/c1-10-8-15-14(16-9-10)17-6-4-13-12(17)5-7-18(13)21(19,20)11-2-3-11/h8-9,11-13H,2-7H2,1H3/t12-,13-/m1/s1. The van der Waals surface area contributed by atoms with Crippen LogP contribution in [0.15, 0.2) is 12.4 Å². The van der Waals surface area contributed by atoms with Gasteiger partial charge in [-0.25, -0.2) is 18.4 Å². The van der Waals surface area contributed by atoms with Crippen LogP contribution in [0.4, 0.5) is 5.95 Å². The molecule has 3 heterocycles. The SMILES string of the molecule is Cc1cnc(N2CC[C@@H]3[C@H]2CCN3S(=O)(=O)C2CC2)nc1. The second kappa shape index (κ2) is 4.64. The smallest absolute Gasteiger partial charge is 0.225 e. The molecule has 6 nitrogen and oxygen atoms in total. The molecule has 21 heavy (non-hydrogen) atoms. The van der Waals surface area contributed by atoms with E-state index in [0.717, 1.165) is 43.7 Å². The van der Waals surface area contributed by atoms with Crippen molar-refractivity contribution in [1.82, 2.24) is 14.3 Å². The van der Waals surface area contributed by atoms with Crippen molar-refractivity contribution in [3.8, 4) is 0 Å². The Morgan fingerprint density at radius 1 is 1.05 bits per heavy atom. The Hall–Kier alpha value is -1.21. The van der Waals surface area contributed by atoms with Gasteiger partial charge in [0.1, 0.15) is 0 Å². The molecule has 1 aliphatic carbocycles. The number of aryl methyl sites for hydroxylation is 1. The first-order valence-electron chi connectivity index (χ1n) is 7.63. The number of hydrogen-bond donors (Lipinski definition) is 0. The third kappa shape index (κ3) is 2.14. The lowest BCUT2D eigenvalue weighted by Crippen LogP contribution is -2.41. The summed E-state index contributed by atoms with van der Waals surface area (Å²) in [5, 5.41) is -0.110. The summed E-state index contributed by atoms with van der Waals surface area (Å²) in [4.78, 5) is 11.0. The van der Waals surface area contributed by atoms with E-state index in [1.54, 1.807) is 4.31 Å². The molecule has 2 atom stereocenters. The number of aromatic nitrogens is 2. The molecule has 7 heteroatoms. The van der Waals surface area contributed by atoms with E-state index in [2.05, 4.69) is 14.9 Å². The van der Waals surface area contributed by atoms with Gasteiger partial charge in [-0.3, -0.25) is 0 Å². The van der Waals surface area contributed by atoms with Gasteiger partial charge in [-0.2, -0.15) is 4.31 Å². The summed E-state index contributed by atoms with van der Waals surface area (Å²) in [6.07, 6.45) is 7.08. The molecule has 4 rings (SSSR count). The van der Waals surface area contributed by atoms with Gasteiger partial charge in [-0.05, 0) is 38.2 Å². The van der Waals surface area contributed by atoms with Gasteiger partial charge in [0.2, 0.25) is 16.0 Å². The third-order valence-electron chi connectivity index (χ3n) is 4.82. The van der Waals surface area contributed by atoms with Gasteiger partial charge >= 0.3 is 0 Å². The fourth-order valence-corrected chi connectivity index (χ4v) is 5.70. The molecule has 0 unspecified atom stereocenters. The van der Waals surface area contributed by atoms with Crippen LogP contribution in [-0.4, -0.2) is 53.1 Å². The molecule has 3 fully saturated rings. The lowest BCUT2D eigenvalue weighted by Gasteiger charge is -2.25. The van der Waals surface area contributed by atoms with E-state index in [9.17, 15) is 8.42 Å². The third-order valence-corrected chi connectivity index (χ3v) is 7.24. The molecule has 0 amide bonds. The predicted molar refractivity (Wildman–Crippen MR) is 79.6 cm³/mol. The van der Waals surface area contributed by atoms with Gasteiger partial charge < -0.3 is 4.90 Å². The average molecular weight is 308 g/mol. The highest BCUT2D eigenvalue weighted by atomic mass is 32.2.